The Hall–Kier alpha value is -2.60. The molecule has 0 aliphatic rings. The summed E-state index contributed by atoms with van der Waals surface area (Å²) in [6.45, 7) is 6.22. The summed E-state index contributed by atoms with van der Waals surface area (Å²) in [5, 5.41) is 5.13. The van der Waals surface area contributed by atoms with E-state index in [2.05, 4.69) is 16.4 Å². The average Bonchev–Trinajstić information content (AvgIpc) is 2.90. The molecule has 0 aliphatic carbocycles. The van der Waals surface area contributed by atoms with Crippen LogP contribution in [0.2, 0.25) is 0 Å². The molecular formula is C17H17N3O2S. The van der Waals surface area contributed by atoms with Crippen molar-refractivity contribution in [2.75, 3.05) is 4.72 Å². The van der Waals surface area contributed by atoms with Crippen LogP contribution in [0.5, 0.6) is 0 Å². The molecule has 1 N–H and O–H groups in total. The highest BCUT2D eigenvalue weighted by atomic mass is 32.2. The van der Waals surface area contributed by atoms with E-state index < -0.39 is 10.0 Å². The summed E-state index contributed by atoms with van der Waals surface area (Å²) in [5.41, 5.74) is 2.46. The third-order valence-electron chi connectivity index (χ3n) is 3.53. The van der Waals surface area contributed by atoms with E-state index in [1.807, 2.05) is 13.0 Å². The largest absolute Gasteiger partial charge is 0.280 e. The van der Waals surface area contributed by atoms with E-state index in [4.69, 9.17) is 0 Å². The molecule has 2 aromatic carbocycles. The number of aryl methyl sites for hydroxylation is 1. The Balaban J connectivity index is 1.91. The maximum atomic E-state index is 12.4. The van der Waals surface area contributed by atoms with Crippen molar-refractivity contribution in [2.24, 2.45) is 0 Å². The van der Waals surface area contributed by atoms with Gasteiger partial charge in [-0.1, -0.05) is 23.8 Å². The van der Waals surface area contributed by atoms with Gasteiger partial charge in [0.2, 0.25) is 0 Å². The molecule has 6 heteroatoms. The van der Waals surface area contributed by atoms with E-state index in [1.165, 1.54) is 0 Å². The summed E-state index contributed by atoms with van der Waals surface area (Å²) in [6.07, 6.45) is 3.48. The normalized spacial score (nSPS) is 11.5. The van der Waals surface area contributed by atoms with Gasteiger partial charge in [-0.15, -0.1) is 6.58 Å². The first-order valence-electron chi connectivity index (χ1n) is 7.15. The molecule has 118 valence electrons. The van der Waals surface area contributed by atoms with Crippen LogP contribution in [-0.2, 0) is 16.6 Å². The van der Waals surface area contributed by atoms with Gasteiger partial charge in [0.15, 0.2) is 0 Å². The molecule has 5 nitrogen and oxygen atoms in total. The van der Waals surface area contributed by atoms with Crippen molar-refractivity contribution in [3.05, 3.63) is 66.9 Å². The zero-order chi connectivity index (χ0) is 16.4. The monoisotopic (exact) mass is 327 g/mol. The van der Waals surface area contributed by atoms with Gasteiger partial charge in [0.25, 0.3) is 10.0 Å². The van der Waals surface area contributed by atoms with Crippen molar-refractivity contribution in [1.82, 2.24) is 9.78 Å². The Morgan fingerprint density at radius 3 is 2.65 bits per heavy atom. The lowest BCUT2D eigenvalue weighted by Gasteiger charge is -2.09. The highest BCUT2D eigenvalue weighted by Crippen LogP contribution is 2.22. The quantitative estimate of drug-likeness (QED) is 0.731. The van der Waals surface area contributed by atoms with Crippen LogP contribution < -0.4 is 4.72 Å². The maximum Gasteiger partial charge on any atom is 0.261 e. The summed E-state index contributed by atoms with van der Waals surface area (Å²) in [6, 6.07) is 12.1. The maximum absolute atomic E-state index is 12.4. The number of hydrogen-bond donors (Lipinski definition) is 1. The van der Waals surface area contributed by atoms with Crippen LogP contribution in [0.1, 0.15) is 5.56 Å². The van der Waals surface area contributed by atoms with Gasteiger partial charge in [-0.2, -0.15) is 5.10 Å². The minimum absolute atomic E-state index is 0.241. The lowest BCUT2D eigenvalue weighted by molar-refractivity contribution is 0.601. The van der Waals surface area contributed by atoms with E-state index >= 15 is 0 Å². The first-order chi connectivity index (χ1) is 11.0. The molecule has 1 heterocycles. The van der Waals surface area contributed by atoms with Crippen molar-refractivity contribution in [3.8, 4) is 0 Å². The molecule has 0 atom stereocenters. The molecule has 0 amide bonds. The zero-order valence-corrected chi connectivity index (χ0v) is 13.5. The van der Waals surface area contributed by atoms with Crippen molar-refractivity contribution in [1.29, 1.82) is 0 Å². The predicted molar refractivity (Wildman–Crippen MR) is 91.9 cm³/mol. The predicted octanol–water partition coefficient (Wildman–Crippen LogP) is 3.33. The fourth-order valence-electron chi connectivity index (χ4n) is 2.35. The number of sulfonamides is 1. The van der Waals surface area contributed by atoms with Crippen molar-refractivity contribution < 1.29 is 8.42 Å². The number of benzene rings is 2. The summed E-state index contributed by atoms with van der Waals surface area (Å²) < 4.78 is 29.2. The Bertz CT molecular complexity index is 957. The molecule has 3 aromatic rings. The number of nitrogens with one attached hydrogen (secondary N) is 1. The number of aromatic nitrogens is 2. The molecule has 0 saturated heterocycles. The number of allylic oxidation sites excluding steroid dienone is 1. The second kappa shape index (κ2) is 5.89. The molecule has 23 heavy (non-hydrogen) atoms. The molecule has 0 unspecified atom stereocenters. The summed E-state index contributed by atoms with van der Waals surface area (Å²) in [4.78, 5) is 0.241. The Kier molecular flexibility index (Phi) is 3.92. The second-order valence-electron chi connectivity index (χ2n) is 5.31. The minimum Gasteiger partial charge on any atom is -0.280 e. The number of anilines is 1. The first kappa shape index (κ1) is 15.3. The minimum atomic E-state index is -3.60. The third-order valence-corrected chi connectivity index (χ3v) is 4.92. The van der Waals surface area contributed by atoms with Crippen LogP contribution in [-0.4, -0.2) is 18.2 Å². The first-order valence-corrected chi connectivity index (χ1v) is 8.64. The van der Waals surface area contributed by atoms with Crippen LogP contribution in [0.25, 0.3) is 10.9 Å². The Morgan fingerprint density at radius 2 is 1.96 bits per heavy atom. The average molecular weight is 327 g/mol. The van der Waals surface area contributed by atoms with E-state index in [-0.39, 0.29) is 4.90 Å². The van der Waals surface area contributed by atoms with Gasteiger partial charge >= 0.3 is 0 Å². The van der Waals surface area contributed by atoms with Crippen LogP contribution in [0.15, 0.2) is 66.2 Å². The number of nitrogens with zero attached hydrogens (tertiary/aromatic N) is 2. The zero-order valence-electron chi connectivity index (χ0n) is 12.7. The highest BCUT2D eigenvalue weighted by molar-refractivity contribution is 7.92. The summed E-state index contributed by atoms with van der Waals surface area (Å²) >= 11 is 0. The fourth-order valence-corrected chi connectivity index (χ4v) is 3.40. The molecule has 0 spiro atoms. The fraction of sp³-hybridized carbons (Fsp3) is 0.118. The Labute approximate surface area is 135 Å². The van der Waals surface area contributed by atoms with Crippen molar-refractivity contribution in [3.63, 3.8) is 0 Å². The van der Waals surface area contributed by atoms with Crippen LogP contribution in [0.3, 0.4) is 0 Å². The van der Waals surface area contributed by atoms with E-state index in [9.17, 15) is 8.42 Å². The molecular weight excluding hydrogens is 310 g/mol. The SMILES string of the molecule is C=CCn1ncc2cc(NS(=O)(=O)c3ccc(C)cc3)ccc21. The summed E-state index contributed by atoms with van der Waals surface area (Å²) in [5.74, 6) is 0. The van der Waals surface area contributed by atoms with Gasteiger partial charge in [-0.05, 0) is 37.3 Å². The van der Waals surface area contributed by atoms with Gasteiger partial charge in [0.05, 0.1) is 23.2 Å². The number of rotatable bonds is 5. The smallest absolute Gasteiger partial charge is 0.261 e. The van der Waals surface area contributed by atoms with E-state index in [0.717, 1.165) is 16.5 Å². The van der Waals surface area contributed by atoms with Gasteiger partial charge in [0.1, 0.15) is 0 Å². The topological polar surface area (TPSA) is 64.0 Å². The van der Waals surface area contributed by atoms with Crippen molar-refractivity contribution in [2.45, 2.75) is 18.4 Å². The van der Waals surface area contributed by atoms with Gasteiger partial charge in [-0.3, -0.25) is 9.40 Å². The lowest BCUT2D eigenvalue weighted by Crippen LogP contribution is -2.12. The highest BCUT2D eigenvalue weighted by Gasteiger charge is 2.14. The van der Waals surface area contributed by atoms with Crippen molar-refractivity contribution >= 4 is 26.6 Å². The molecule has 0 aliphatic heterocycles. The van der Waals surface area contributed by atoms with Gasteiger partial charge in [-0.25, -0.2) is 8.42 Å². The van der Waals surface area contributed by atoms with E-state index in [1.54, 1.807) is 53.4 Å². The Morgan fingerprint density at radius 1 is 1.22 bits per heavy atom. The number of hydrogen-bond acceptors (Lipinski definition) is 3. The second-order valence-corrected chi connectivity index (χ2v) is 6.99. The van der Waals surface area contributed by atoms with Crippen LogP contribution in [0.4, 0.5) is 5.69 Å². The van der Waals surface area contributed by atoms with Gasteiger partial charge < -0.3 is 0 Å². The number of fused-ring (bicyclic) bond motifs is 1. The lowest BCUT2D eigenvalue weighted by atomic mass is 10.2. The molecule has 1 aromatic heterocycles. The molecule has 0 saturated carbocycles. The van der Waals surface area contributed by atoms with Crippen LogP contribution in [0, 0.1) is 6.92 Å². The van der Waals surface area contributed by atoms with E-state index in [0.29, 0.717) is 12.2 Å². The molecule has 0 radical (unpaired) electrons. The molecule has 0 fully saturated rings. The molecule has 0 bridgehead atoms. The summed E-state index contributed by atoms with van der Waals surface area (Å²) in [7, 11) is -3.60. The molecule has 3 rings (SSSR count). The van der Waals surface area contributed by atoms with Crippen LogP contribution >= 0.6 is 0 Å². The standard InChI is InChI=1S/C17H17N3O2S/c1-3-10-20-17-9-6-15(11-14(17)12-18-20)19-23(21,22)16-7-4-13(2)5-8-16/h3-9,11-12,19H,1,10H2,2H3. The third kappa shape index (κ3) is 3.12. The van der Waals surface area contributed by atoms with Gasteiger partial charge in [0, 0.05) is 11.1 Å².